The van der Waals surface area contributed by atoms with Crippen molar-refractivity contribution in [3.8, 4) is 0 Å². The van der Waals surface area contributed by atoms with Crippen molar-refractivity contribution in [2.75, 3.05) is 16.9 Å². The SMILES string of the molecule is CCc1cc(C(C(=O)O)N(c2ccc3cnccc3c2)N(C(=O)OC(C)(C)C)C(=O)OC(C)(C)C)cc(CC)c1CCOC(=O)Nc1cccc(CN)c1. The number of carboxylic acid groups (broad SMARTS) is 1. The minimum absolute atomic E-state index is 0.0628. The van der Waals surface area contributed by atoms with Crippen molar-refractivity contribution in [2.24, 2.45) is 5.73 Å². The van der Waals surface area contributed by atoms with Gasteiger partial charge in [0.1, 0.15) is 11.2 Å². The number of hydrogen-bond donors (Lipinski definition) is 3. The van der Waals surface area contributed by atoms with Gasteiger partial charge in [0.2, 0.25) is 0 Å². The second kappa shape index (κ2) is 17.4. The number of anilines is 2. The molecule has 3 aromatic carbocycles. The second-order valence-electron chi connectivity index (χ2n) is 14.7. The van der Waals surface area contributed by atoms with E-state index < -0.39 is 41.5 Å². The molecule has 4 rings (SSSR count). The van der Waals surface area contributed by atoms with E-state index in [4.69, 9.17) is 19.9 Å². The summed E-state index contributed by atoms with van der Waals surface area (Å²) < 4.78 is 16.9. The molecule has 4 aromatic rings. The molecule has 1 aromatic heterocycles. The van der Waals surface area contributed by atoms with Crippen LogP contribution in [0.3, 0.4) is 0 Å². The first-order chi connectivity index (χ1) is 25.4. The molecular formula is C41H51N5O8. The molecule has 0 radical (unpaired) electrons. The molecule has 3 amide bonds. The van der Waals surface area contributed by atoms with Crippen LogP contribution in [0.4, 0.5) is 25.8 Å². The number of nitrogens with zero attached hydrogens (tertiary/aromatic N) is 3. The van der Waals surface area contributed by atoms with Gasteiger partial charge in [-0.1, -0.05) is 44.2 Å². The monoisotopic (exact) mass is 741 g/mol. The summed E-state index contributed by atoms with van der Waals surface area (Å²) in [5.74, 6) is -1.34. The Morgan fingerprint density at radius 2 is 1.48 bits per heavy atom. The Kier molecular flexibility index (Phi) is 13.3. The van der Waals surface area contributed by atoms with E-state index in [1.807, 2.05) is 19.9 Å². The zero-order chi connectivity index (χ0) is 39.8. The zero-order valence-corrected chi connectivity index (χ0v) is 32.3. The number of nitrogens with one attached hydrogen (secondary N) is 1. The molecule has 54 heavy (non-hydrogen) atoms. The first-order valence-corrected chi connectivity index (χ1v) is 17.9. The summed E-state index contributed by atoms with van der Waals surface area (Å²) in [7, 11) is 0. The largest absolute Gasteiger partial charge is 0.479 e. The van der Waals surface area contributed by atoms with Crippen molar-refractivity contribution in [1.82, 2.24) is 9.99 Å². The van der Waals surface area contributed by atoms with Gasteiger partial charge in [-0.2, -0.15) is 0 Å². The van der Waals surface area contributed by atoms with Gasteiger partial charge in [0, 0.05) is 36.4 Å². The summed E-state index contributed by atoms with van der Waals surface area (Å²) in [6.07, 6.45) is 1.80. The van der Waals surface area contributed by atoms with Gasteiger partial charge in [0.15, 0.2) is 6.04 Å². The number of aromatic nitrogens is 1. The van der Waals surface area contributed by atoms with Crippen LogP contribution < -0.4 is 16.1 Å². The fourth-order valence-electron chi connectivity index (χ4n) is 5.95. The molecule has 0 saturated carbocycles. The molecule has 288 valence electrons. The van der Waals surface area contributed by atoms with E-state index in [-0.39, 0.29) is 12.3 Å². The number of rotatable bonds is 12. The highest BCUT2D eigenvalue weighted by molar-refractivity contribution is 5.94. The summed E-state index contributed by atoms with van der Waals surface area (Å²) in [6, 6.07) is 15.8. The third-order valence-electron chi connectivity index (χ3n) is 8.24. The third kappa shape index (κ3) is 10.7. The van der Waals surface area contributed by atoms with Crippen LogP contribution >= 0.6 is 0 Å². The van der Waals surface area contributed by atoms with E-state index in [1.165, 1.54) is 0 Å². The van der Waals surface area contributed by atoms with Gasteiger partial charge >= 0.3 is 24.2 Å². The van der Waals surface area contributed by atoms with E-state index in [1.54, 1.807) is 109 Å². The Bertz CT molecular complexity index is 1930. The lowest BCUT2D eigenvalue weighted by Gasteiger charge is -2.39. The molecule has 13 nitrogen and oxygen atoms in total. The Balaban J connectivity index is 1.81. The summed E-state index contributed by atoms with van der Waals surface area (Å²) in [6.45, 7) is 14.2. The first-order valence-electron chi connectivity index (χ1n) is 17.9. The normalized spacial score (nSPS) is 12.1. The minimum Gasteiger partial charge on any atom is -0.479 e. The molecule has 0 spiro atoms. The first kappa shape index (κ1) is 41.1. The van der Waals surface area contributed by atoms with Crippen molar-refractivity contribution in [2.45, 2.75) is 98.4 Å². The third-order valence-corrected chi connectivity index (χ3v) is 8.24. The smallest absolute Gasteiger partial charge is 0.439 e. The standard InChI is InChI=1S/C41H51N5O8/c1-9-27-21-31(22-28(10-2)34(27)17-19-52-37(49)44-32-13-11-12-26(20-32)24-42)35(36(47)48)45(33-15-14-30-25-43-18-16-29(30)23-33)46(38(50)53-40(3,4)5)39(51)54-41(6,7)8/h11-16,18,20-23,25,35H,9-10,17,19,24,42H2,1-8H3,(H,44,49)(H,47,48). The number of hydrogen-bond acceptors (Lipinski definition) is 10. The summed E-state index contributed by atoms with van der Waals surface area (Å²) >= 11 is 0. The molecule has 1 heterocycles. The van der Waals surface area contributed by atoms with Crippen LogP contribution in [0.25, 0.3) is 10.8 Å². The quantitative estimate of drug-likeness (QED) is 0.0941. The molecule has 1 atom stereocenters. The predicted octanol–water partition coefficient (Wildman–Crippen LogP) is 8.33. The van der Waals surface area contributed by atoms with Gasteiger partial charge in [-0.25, -0.2) is 19.2 Å². The number of hydrazine groups is 1. The highest BCUT2D eigenvalue weighted by Crippen LogP contribution is 2.36. The number of fused-ring (bicyclic) bond motifs is 1. The maximum absolute atomic E-state index is 14.1. The van der Waals surface area contributed by atoms with Crippen LogP contribution in [-0.2, 0) is 44.8 Å². The van der Waals surface area contributed by atoms with E-state index in [0.29, 0.717) is 47.5 Å². The summed E-state index contributed by atoms with van der Waals surface area (Å²) in [5, 5.41) is 17.0. The van der Waals surface area contributed by atoms with Gasteiger partial charge in [-0.3, -0.25) is 15.3 Å². The van der Waals surface area contributed by atoms with Gasteiger partial charge in [0.05, 0.1) is 12.3 Å². The number of carboxylic acids is 1. The van der Waals surface area contributed by atoms with Gasteiger partial charge in [0.25, 0.3) is 0 Å². The number of benzene rings is 3. The lowest BCUT2D eigenvalue weighted by Crippen LogP contribution is -2.56. The molecule has 4 N–H and O–H groups in total. The number of carbonyl (C=O) groups is 4. The molecule has 0 bridgehead atoms. The Labute approximate surface area is 316 Å². The Hall–Kier alpha value is -5.69. The lowest BCUT2D eigenvalue weighted by atomic mass is 9.90. The maximum Gasteiger partial charge on any atom is 0.439 e. The number of pyridine rings is 1. The molecule has 0 aliphatic rings. The number of aryl methyl sites for hydroxylation is 2. The van der Waals surface area contributed by atoms with Gasteiger partial charge in [-0.15, -0.1) is 5.01 Å². The van der Waals surface area contributed by atoms with Crippen LogP contribution in [0, 0.1) is 0 Å². The maximum atomic E-state index is 14.1. The van der Waals surface area contributed by atoms with Gasteiger partial charge in [-0.05, 0) is 118 Å². The number of ether oxygens (including phenoxy) is 3. The van der Waals surface area contributed by atoms with Crippen molar-refractivity contribution in [3.05, 3.63) is 101 Å². The van der Waals surface area contributed by atoms with Crippen molar-refractivity contribution in [1.29, 1.82) is 0 Å². The van der Waals surface area contributed by atoms with Crippen LogP contribution in [0.5, 0.6) is 0 Å². The molecule has 13 heteroatoms. The number of nitrogens with two attached hydrogens (primary N) is 1. The van der Waals surface area contributed by atoms with Crippen molar-refractivity contribution < 1.29 is 38.5 Å². The summed E-state index contributed by atoms with van der Waals surface area (Å²) in [4.78, 5) is 58.5. The molecule has 0 fully saturated rings. The van der Waals surface area contributed by atoms with Gasteiger partial charge < -0.3 is 25.1 Å². The van der Waals surface area contributed by atoms with Crippen LogP contribution in [-0.4, -0.2) is 57.2 Å². The van der Waals surface area contributed by atoms with Crippen LogP contribution in [0.15, 0.2) is 73.1 Å². The molecular weight excluding hydrogens is 690 g/mol. The highest BCUT2D eigenvalue weighted by Gasteiger charge is 2.43. The van der Waals surface area contributed by atoms with E-state index in [9.17, 15) is 24.3 Å². The average molecular weight is 742 g/mol. The van der Waals surface area contributed by atoms with Crippen molar-refractivity contribution >= 4 is 46.4 Å². The number of amides is 3. The topological polar surface area (TPSA) is 174 Å². The lowest BCUT2D eigenvalue weighted by molar-refractivity contribution is -0.139. The second-order valence-corrected chi connectivity index (χ2v) is 14.7. The summed E-state index contributed by atoms with van der Waals surface area (Å²) in [5.41, 5.74) is 8.14. The minimum atomic E-state index is -1.61. The molecule has 0 aliphatic heterocycles. The molecule has 1 unspecified atom stereocenters. The predicted molar refractivity (Wildman–Crippen MR) is 207 cm³/mol. The van der Waals surface area contributed by atoms with Crippen molar-refractivity contribution in [3.63, 3.8) is 0 Å². The Morgan fingerprint density at radius 1 is 0.852 bits per heavy atom. The fourth-order valence-corrected chi connectivity index (χ4v) is 5.95. The number of aliphatic carboxylic acids is 1. The molecule has 0 saturated heterocycles. The number of imide groups is 1. The number of carbonyl (C=O) groups excluding carboxylic acids is 3. The highest BCUT2D eigenvalue weighted by atomic mass is 16.6. The molecule has 0 aliphatic carbocycles. The van der Waals surface area contributed by atoms with E-state index >= 15 is 0 Å². The van der Waals surface area contributed by atoms with Crippen LogP contribution in [0.2, 0.25) is 0 Å². The zero-order valence-electron chi connectivity index (χ0n) is 32.3. The van der Waals surface area contributed by atoms with E-state index in [2.05, 4.69) is 10.3 Å². The average Bonchev–Trinajstić information content (AvgIpc) is 3.09. The van der Waals surface area contributed by atoms with E-state index in [0.717, 1.165) is 32.6 Å². The Morgan fingerprint density at radius 3 is 2.04 bits per heavy atom. The van der Waals surface area contributed by atoms with Crippen LogP contribution in [0.1, 0.15) is 89.2 Å². The fraction of sp³-hybridized carbons (Fsp3) is 0.390.